The maximum Gasteiger partial charge on any atom is 0.262 e. The lowest BCUT2D eigenvalue weighted by Gasteiger charge is -2.39. The summed E-state index contributed by atoms with van der Waals surface area (Å²) in [7, 11) is 0. The molecule has 0 saturated carbocycles. The molecular formula is C38H32FN9O5. The average Bonchev–Trinajstić information content (AvgIpc) is 3.85. The molecule has 2 aromatic carbocycles. The number of nitrogens with zero attached hydrogens (tertiary/aromatic N) is 7. The lowest BCUT2D eigenvalue weighted by atomic mass is 9.98. The topological polar surface area (TPSA) is 162 Å². The monoisotopic (exact) mass is 713 g/mol. The normalized spacial score (nSPS) is 20.2. The number of imidazole rings is 1. The van der Waals surface area contributed by atoms with E-state index in [1.807, 2.05) is 41.3 Å². The van der Waals surface area contributed by atoms with Gasteiger partial charge >= 0.3 is 0 Å². The minimum absolute atomic E-state index is 0.0189. The van der Waals surface area contributed by atoms with E-state index in [0.717, 1.165) is 35.7 Å². The summed E-state index contributed by atoms with van der Waals surface area (Å²) in [6, 6.07) is 19.7. The predicted molar refractivity (Wildman–Crippen MR) is 189 cm³/mol. The molecule has 0 radical (unpaired) electrons. The maximum atomic E-state index is 14.1. The van der Waals surface area contributed by atoms with Crippen LogP contribution >= 0.6 is 0 Å². The summed E-state index contributed by atoms with van der Waals surface area (Å²) in [5.74, 6) is -1.77. The average molecular weight is 714 g/mol. The van der Waals surface area contributed by atoms with Crippen molar-refractivity contribution >= 4 is 52.5 Å². The van der Waals surface area contributed by atoms with Crippen LogP contribution in [0, 0.1) is 11.7 Å². The molecule has 2 N–H and O–H groups in total. The highest BCUT2D eigenvalue weighted by atomic mass is 19.1. The number of hydrogen-bond donors (Lipinski definition) is 2. The van der Waals surface area contributed by atoms with Crippen LogP contribution in [-0.2, 0) is 14.4 Å². The minimum atomic E-state index is -1.07. The Kier molecular flexibility index (Phi) is 7.71. The molecule has 2 atom stereocenters. The van der Waals surface area contributed by atoms with Gasteiger partial charge in [-0.1, -0.05) is 18.2 Å². The maximum absolute atomic E-state index is 14.1. The van der Waals surface area contributed by atoms with Crippen molar-refractivity contribution in [1.82, 2.24) is 29.8 Å². The van der Waals surface area contributed by atoms with E-state index >= 15 is 0 Å². The molecule has 0 bridgehead atoms. The number of carbonyl (C=O) groups is 5. The van der Waals surface area contributed by atoms with Crippen molar-refractivity contribution in [1.29, 1.82) is 0 Å². The van der Waals surface area contributed by atoms with Crippen molar-refractivity contribution in [2.75, 3.05) is 34.8 Å². The van der Waals surface area contributed by atoms with Gasteiger partial charge in [0, 0.05) is 31.7 Å². The first-order valence-electron chi connectivity index (χ1n) is 17.5. The number of halogens is 1. The molecule has 0 aliphatic carbocycles. The van der Waals surface area contributed by atoms with E-state index in [-0.39, 0.29) is 47.7 Å². The van der Waals surface area contributed by atoms with Crippen LogP contribution in [0.2, 0.25) is 0 Å². The highest BCUT2D eigenvalue weighted by Crippen LogP contribution is 2.36. The van der Waals surface area contributed by atoms with Crippen molar-refractivity contribution in [2.45, 2.75) is 37.8 Å². The Labute approximate surface area is 301 Å². The van der Waals surface area contributed by atoms with Gasteiger partial charge in [-0.05, 0) is 79.4 Å². The highest BCUT2D eigenvalue weighted by molar-refractivity contribution is 6.24. The van der Waals surface area contributed by atoms with Gasteiger partial charge < -0.3 is 15.1 Å². The van der Waals surface area contributed by atoms with E-state index in [1.165, 1.54) is 18.2 Å². The number of anilines is 3. The Morgan fingerprint density at radius 3 is 2.53 bits per heavy atom. The molecule has 3 saturated heterocycles. The smallest absolute Gasteiger partial charge is 0.262 e. The van der Waals surface area contributed by atoms with E-state index in [9.17, 15) is 28.4 Å². The molecule has 3 fully saturated rings. The van der Waals surface area contributed by atoms with Crippen LogP contribution in [0.25, 0.3) is 17.0 Å². The summed E-state index contributed by atoms with van der Waals surface area (Å²) in [6.45, 7) is 1.63. The van der Waals surface area contributed by atoms with Gasteiger partial charge in [-0.25, -0.2) is 18.9 Å². The molecule has 9 rings (SSSR count). The summed E-state index contributed by atoms with van der Waals surface area (Å²) >= 11 is 0. The Morgan fingerprint density at radius 2 is 1.70 bits per heavy atom. The summed E-state index contributed by atoms with van der Waals surface area (Å²) in [5.41, 5.74) is 3.55. The quantitative estimate of drug-likeness (QED) is 0.238. The van der Waals surface area contributed by atoms with Crippen molar-refractivity contribution < 1.29 is 28.4 Å². The fourth-order valence-corrected chi connectivity index (χ4v) is 7.66. The van der Waals surface area contributed by atoms with Gasteiger partial charge in [-0.15, -0.1) is 5.10 Å². The van der Waals surface area contributed by atoms with Crippen LogP contribution < -0.4 is 20.4 Å². The lowest BCUT2D eigenvalue weighted by Crippen LogP contribution is -2.54. The number of amides is 5. The summed E-state index contributed by atoms with van der Waals surface area (Å²) < 4.78 is 15.8. The zero-order chi connectivity index (χ0) is 36.4. The highest BCUT2D eigenvalue weighted by Gasteiger charge is 2.45. The number of benzene rings is 2. The fraction of sp³-hybridized carbons (Fsp3) is 0.263. The molecule has 15 heteroatoms. The number of aromatic nitrogens is 4. The number of piperidine rings is 1. The number of hydrogen-bond acceptors (Lipinski definition) is 10. The molecule has 0 spiro atoms. The van der Waals surface area contributed by atoms with Crippen LogP contribution in [0.5, 0.6) is 0 Å². The Balaban J connectivity index is 0.871. The van der Waals surface area contributed by atoms with Gasteiger partial charge in [0.05, 0.1) is 35.0 Å². The Bertz CT molecular complexity index is 2370. The zero-order valence-corrected chi connectivity index (χ0v) is 28.2. The van der Waals surface area contributed by atoms with Crippen molar-refractivity contribution in [3.63, 3.8) is 0 Å². The Morgan fingerprint density at radius 1 is 0.868 bits per heavy atom. The Hall–Kier alpha value is -6.51. The van der Waals surface area contributed by atoms with Crippen molar-refractivity contribution in [3.8, 4) is 11.4 Å². The van der Waals surface area contributed by atoms with E-state index < -0.39 is 29.7 Å². The van der Waals surface area contributed by atoms with E-state index in [2.05, 4.69) is 20.5 Å². The fourth-order valence-electron chi connectivity index (χ4n) is 7.66. The van der Waals surface area contributed by atoms with Gasteiger partial charge in [0.1, 0.15) is 29.2 Å². The zero-order valence-electron chi connectivity index (χ0n) is 28.2. The SMILES string of the molecule is O=C1CCC(N2C(=O)c3ccc(NC(=O)C4CN(c5cccc(-c6cnc7ccc(N8CCC[C@@H]8c8cccc(F)c8)nn67)n5)C4)cc3C2=O)C(=O)N1. The van der Waals surface area contributed by atoms with Gasteiger partial charge in [0.15, 0.2) is 5.65 Å². The second-order valence-electron chi connectivity index (χ2n) is 13.7. The lowest BCUT2D eigenvalue weighted by molar-refractivity contribution is -0.136. The van der Waals surface area contributed by atoms with Gasteiger partial charge in [0.25, 0.3) is 11.8 Å². The molecule has 1 unspecified atom stereocenters. The number of carbonyl (C=O) groups excluding carboxylic acids is 5. The van der Waals surface area contributed by atoms with Crippen LogP contribution in [0.3, 0.4) is 0 Å². The molecule has 53 heavy (non-hydrogen) atoms. The van der Waals surface area contributed by atoms with E-state index in [1.54, 1.807) is 28.9 Å². The van der Waals surface area contributed by atoms with Crippen LogP contribution in [0.15, 0.2) is 79.0 Å². The third-order valence-corrected chi connectivity index (χ3v) is 10.4. The first-order chi connectivity index (χ1) is 25.7. The molecule has 4 aliphatic rings. The molecule has 5 amide bonds. The second-order valence-corrected chi connectivity index (χ2v) is 13.7. The van der Waals surface area contributed by atoms with Crippen LogP contribution in [0.1, 0.15) is 58.0 Å². The number of nitrogens with one attached hydrogen (secondary N) is 2. The molecule has 3 aromatic heterocycles. The molecule has 266 valence electrons. The first kappa shape index (κ1) is 32.4. The van der Waals surface area contributed by atoms with Crippen molar-refractivity contribution in [2.24, 2.45) is 5.92 Å². The van der Waals surface area contributed by atoms with Crippen molar-refractivity contribution in [3.05, 3.63) is 102 Å². The summed E-state index contributed by atoms with van der Waals surface area (Å²) in [6.07, 6.45) is 3.69. The molecule has 4 aliphatic heterocycles. The third-order valence-electron chi connectivity index (χ3n) is 10.4. The summed E-state index contributed by atoms with van der Waals surface area (Å²) in [5, 5.41) is 9.98. The first-order valence-corrected chi connectivity index (χ1v) is 17.5. The molecular weight excluding hydrogens is 681 g/mol. The molecule has 14 nitrogen and oxygen atoms in total. The van der Waals surface area contributed by atoms with Crippen LogP contribution in [0.4, 0.5) is 21.7 Å². The number of imide groups is 2. The van der Waals surface area contributed by atoms with Gasteiger partial charge in [-0.2, -0.15) is 0 Å². The molecule has 5 aromatic rings. The standard InChI is InChI=1S/C38H32FN9O5/c39-23-5-1-4-21(16-23)28-7-3-15-46(28)33-13-12-31-40-18-30(48(31)44-33)27-6-2-8-32(42-27)45-19-22(20-45)35(50)41-24-9-10-25-26(17-24)38(53)47(37(25)52)29-11-14-34(49)43-36(29)51/h1-2,4-6,8-10,12-13,16-18,22,28-29H,3,7,11,14-15,19-20H2,(H,41,50)(H,43,49,51)/t28-,29?/m1/s1. The second kappa shape index (κ2) is 12.6. The third kappa shape index (κ3) is 5.64. The van der Waals surface area contributed by atoms with E-state index in [0.29, 0.717) is 41.6 Å². The van der Waals surface area contributed by atoms with Gasteiger partial charge in [-0.3, -0.25) is 34.2 Å². The molecule has 7 heterocycles. The summed E-state index contributed by atoms with van der Waals surface area (Å²) in [4.78, 5) is 77.9. The van der Waals surface area contributed by atoms with Gasteiger partial charge in [0.2, 0.25) is 17.7 Å². The number of pyridine rings is 1. The predicted octanol–water partition coefficient (Wildman–Crippen LogP) is 3.75. The number of fused-ring (bicyclic) bond motifs is 2. The van der Waals surface area contributed by atoms with E-state index in [4.69, 9.17) is 10.1 Å². The van der Waals surface area contributed by atoms with Crippen LogP contribution in [-0.4, -0.2) is 79.7 Å². The largest absolute Gasteiger partial charge is 0.355 e. The minimum Gasteiger partial charge on any atom is -0.355 e. The number of rotatable bonds is 7.